The highest BCUT2D eigenvalue weighted by molar-refractivity contribution is 5.82. The van der Waals surface area contributed by atoms with E-state index in [9.17, 15) is 14.7 Å². The second-order valence-electron chi connectivity index (χ2n) is 4.13. The maximum Gasteiger partial charge on any atom is 0.328 e. The first-order valence-electron chi connectivity index (χ1n) is 5.73. The summed E-state index contributed by atoms with van der Waals surface area (Å²) in [6.07, 6.45) is 0.254. The predicted molar refractivity (Wildman–Crippen MR) is 66.3 cm³/mol. The van der Waals surface area contributed by atoms with Crippen LogP contribution in [0.25, 0.3) is 0 Å². The van der Waals surface area contributed by atoms with Crippen molar-refractivity contribution in [2.24, 2.45) is 0 Å². The fourth-order valence-electron chi connectivity index (χ4n) is 1.88. The number of hydrogen-bond donors (Lipinski definition) is 3. The fourth-order valence-corrected chi connectivity index (χ4v) is 1.88. The van der Waals surface area contributed by atoms with E-state index in [-0.39, 0.29) is 6.42 Å². The normalized spacial score (nSPS) is 15.7. The van der Waals surface area contributed by atoms with E-state index >= 15 is 0 Å². The number of nitrogens with one attached hydrogen (secondary N) is 1. The van der Waals surface area contributed by atoms with Crippen LogP contribution in [0.4, 0.5) is 0 Å². The SMILES string of the molecule is CCC(NC(C)C(=O)O)(C(=O)O)c1ccccc1. The Morgan fingerprint density at radius 2 is 1.83 bits per heavy atom. The third-order valence-electron chi connectivity index (χ3n) is 3.00. The minimum Gasteiger partial charge on any atom is -0.480 e. The molecule has 2 unspecified atom stereocenters. The summed E-state index contributed by atoms with van der Waals surface area (Å²) in [5.41, 5.74) is -0.827. The lowest BCUT2D eigenvalue weighted by Gasteiger charge is -2.31. The number of carboxylic acids is 2. The third-order valence-corrected chi connectivity index (χ3v) is 3.00. The second kappa shape index (κ2) is 5.64. The molecule has 1 aromatic rings. The maximum atomic E-state index is 11.6. The first kappa shape index (κ1) is 14.2. The van der Waals surface area contributed by atoms with E-state index in [4.69, 9.17) is 5.11 Å². The minimum absolute atomic E-state index is 0.254. The zero-order valence-corrected chi connectivity index (χ0v) is 10.4. The molecule has 98 valence electrons. The molecular formula is C13H17NO4. The van der Waals surface area contributed by atoms with Gasteiger partial charge in [0.15, 0.2) is 0 Å². The molecule has 18 heavy (non-hydrogen) atoms. The van der Waals surface area contributed by atoms with Gasteiger partial charge in [-0.15, -0.1) is 0 Å². The van der Waals surface area contributed by atoms with Gasteiger partial charge in [0.2, 0.25) is 0 Å². The van der Waals surface area contributed by atoms with Crippen molar-refractivity contribution < 1.29 is 19.8 Å². The molecule has 0 aromatic heterocycles. The smallest absolute Gasteiger partial charge is 0.328 e. The monoisotopic (exact) mass is 251 g/mol. The largest absolute Gasteiger partial charge is 0.480 e. The highest BCUT2D eigenvalue weighted by Gasteiger charge is 2.40. The lowest BCUT2D eigenvalue weighted by atomic mass is 9.86. The van der Waals surface area contributed by atoms with E-state index < -0.39 is 23.5 Å². The Bertz CT molecular complexity index is 432. The quantitative estimate of drug-likeness (QED) is 0.712. The molecule has 0 saturated heterocycles. The zero-order chi connectivity index (χ0) is 13.8. The number of carbonyl (C=O) groups is 2. The van der Waals surface area contributed by atoms with Crippen molar-refractivity contribution in [3.63, 3.8) is 0 Å². The van der Waals surface area contributed by atoms with Crippen molar-refractivity contribution in [1.82, 2.24) is 5.32 Å². The van der Waals surface area contributed by atoms with E-state index in [0.717, 1.165) is 0 Å². The number of aliphatic carboxylic acids is 2. The standard InChI is InChI=1S/C13H17NO4/c1-3-13(12(17)18,14-9(2)11(15)16)10-7-5-4-6-8-10/h4-9,14H,3H2,1-2H3,(H,15,16)(H,17,18). The highest BCUT2D eigenvalue weighted by Crippen LogP contribution is 2.26. The van der Waals surface area contributed by atoms with Gasteiger partial charge in [-0.05, 0) is 18.9 Å². The summed E-state index contributed by atoms with van der Waals surface area (Å²) in [5, 5.41) is 21.1. The molecule has 1 aromatic carbocycles. The second-order valence-corrected chi connectivity index (χ2v) is 4.13. The van der Waals surface area contributed by atoms with Crippen molar-refractivity contribution in [3.8, 4) is 0 Å². The van der Waals surface area contributed by atoms with Crippen LogP contribution in [0, 0.1) is 0 Å². The van der Waals surface area contributed by atoms with Crippen LogP contribution >= 0.6 is 0 Å². The van der Waals surface area contributed by atoms with Gasteiger partial charge < -0.3 is 10.2 Å². The summed E-state index contributed by atoms with van der Waals surface area (Å²) in [6, 6.07) is 7.66. The number of hydrogen-bond acceptors (Lipinski definition) is 3. The van der Waals surface area contributed by atoms with Crippen LogP contribution in [0.3, 0.4) is 0 Å². The lowest BCUT2D eigenvalue weighted by molar-refractivity contribution is -0.147. The minimum atomic E-state index is -1.38. The van der Waals surface area contributed by atoms with Crippen LogP contribution in [0.15, 0.2) is 30.3 Å². The van der Waals surface area contributed by atoms with Crippen molar-refractivity contribution in [1.29, 1.82) is 0 Å². The van der Waals surface area contributed by atoms with Crippen molar-refractivity contribution in [3.05, 3.63) is 35.9 Å². The Hall–Kier alpha value is -1.88. The molecule has 2 atom stereocenters. The number of rotatable bonds is 6. The van der Waals surface area contributed by atoms with Gasteiger partial charge in [0.05, 0.1) is 0 Å². The van der Waals surface area contributed by atoms with Crippen LogP contribution in [0.2, 0.25) is 0 Å². The predicted octanol–water partition coefficient (Wildman–Crippen LogP) is 1.44. The van der Waals surface area contributed by atoms with Gasteiger partial charge in [-0.3, -0.25) is 10.1 Å². The zero-order valence-electron chi connectivity index (χ0n) is 10.4. The first-order valence-corrected chi connectivity index (χ1v) is 5.73. The summed E-state index contributed by atoms with van der Waals surface area (Å²) >= 11 is 0. The topological polar surface area (TPSA) is 86.6 Å². The Balaban J connectivity index is 3.18. The van der Waals surface area contributed by atoms with Gasteiger partial charge in [-0.1, -0.05) is 37.3 Å². The molecule has 5 heteroatoms. The summed E-state index contributed by atoms with van der Waals surface area (Å²) in [6.45, 7) is 3.14. The van der Waals surface area contributed by atoms with Crippen LogP contribution in [-0.4, -0.2) is 28.2 Å². The Kier molecular flexibility index (Phi) is 4.44. The van der Waals surface area contributed by atoms with E-state index in [1.807, 2.05) is 0 Å². The number of carboxylic acid groups (broad SMARTS) is 2. The van der Waals surface area contributed by atoms with E-state index in [1.54, 1.807) is 37.3 Å². The van der Waals surface area contributed by atoms with Crippen LogP contribution < -0.4 is 5.32 Å². The molecule has 0 heterocycles. The van der Waals surface area contributed by atoms with Gasteiger partial charge in [0.25, 0.3) is 0 Å². The molecule has 0 amide bonds. The Morgan fingerprint density at radius 1 is 1.28 bits per heavy atom. The molecule has 5 nitrogen and oxygen atoms in total. The number of benzene rings is 1. The van der Waals surface area contributed by atoms with Gasteiger partial charge in [0, 0.05) is 0 Å². The summed E-state index contributed by atoms with van der Waals surface area (Å²) < 4.78 is 0. The molecule has 0 spiro atoms. The van der Waals surface area contributed by atoms with Crippen LogP contribution in [0.1, 0.15) is 25.8 Å². The molecule has 0 aliphatic carbocycles. The molecule has 0 saturated carbocycles. The van der Waals surface area contributed by atoms with Gasteiger partial charge in [-0.2, -0.15) is 0 Å². The van der Waals surface area contributed by atoms with Gasteiger partial charge in [-0.25, -0.2) is 4.79 Å². The maximum absolute atomic E-state index is 11.6. The highest BCUT2D eigenvalue weighted by atomic mass is 16.4. The molecular weight excluding hydrogens is 234 g/mol. The molecule has 0 aliphatic rings. The van der Waals surface area contributed by atoms with Crippen LogP contribution in [-0.2, 0) is 15.1 Å². The van der Waals surface area contributed by atoms with Crippen LogP contribution in [0.5, 0.6) is 0 Å². The Morgan fingerprint density at radius 3 is 2.22 bits per heavy atom. The fraction of sp³-hybridized carbons (Fsp3) is 0.385. The summed E-state index contributed by atoms with van der Waals surface area (Å²) in [7, 11) is 0. The molecule has 0 radical (unpaired) electrons. The average Bonchev–Trinajstić information content (AvgIpc) is 2.36. The Labute approximate surface area is 105 Å². The molecule has 3 N–H and O–H groups in total. The van der Waals surface area contributed by atoms with Crippen molar-refractivity contribution in [2.75, 3.05) is 0 Å². The molecule has 0 fully saturated rings. The summed E-state index contributed by atoms with van der Waals surface area (Å²) in [4.78, 5) is 22.4. The summed E-state index contributed by atoms with van der Waals surface area (Å²) in [5.74, 6) is -2.16. The molecule has 0 bridgehead atoms. The van der Waals surface area contributed by atoms with E-state index in [2.05, 4.69) is 5.32 Å². The van der Waals surface area contributed by atoms with E-state index in [0.29, 0.717) is 5.56 Å². The average molecular weight is 251 g/mol. The lowest BCUT2D eigenvalue weighted by Crippen LogP contribution is -2.54. The van der Waals surface area contributed by atoms with Gasteiger partial charge in [0.1, 0.15) is 11.6 Å². The molecule has 1 rings (SSSR count). The van der Waals surface area contributed by atoms with Crippen molar-refractivity contribution >= 4 is 11.9 Å². The molecule has 0 aliphatic heterocycles. The third kappa shape index (κ3) is 2.68. The van der Waals surface area contributed by atoms with Crippen molar-refractivity contribution in [2.45, 2.75) is 31.8 Å². The van der Waals surface area contributed by atoms with E-state index in [1.165, 1.54) is 6.92 Å². The first-order chi connectivity index (χ1) is 8.44. The van der Waals surface area contributed by atoms with Gasteiger partial charge >= 0.3 is 11.9 Å².